The van der Waals surface area contributed by atoms with Crippen LogP contribution in [0.4, 0.5) is 0 Å². The molecule has 0 aromatic carbocycles. The number of hydrogen-bond donors (Lipinski definition) is 3. The van der Waals surface area contributed by atoms with Crippen molar-refractivity contribution in [2.75, 3.05) is 0 Å². The van der Waals surface area contributed by atoms with Crippen LogP contribution in [0.3, 0.4) is 0 Å². The Labute approximate surface area is 164 Å². The number of unbranched alkanes of at least 4 members (excludes halogenated alkanes) is 12. The summed E-state index contributed by atoms with van der Waals surface area (Å²) in [7, 11) is 0. The predicted octanol–water partition coefficient (Wildman–Crippen LogP) is 4.30. The first-order valence-electron chi connectivity index (χ1n) is 10.8. The van der Waals surface area contributed by atoms with E-state index in [4.69, 9.17) is 10.8 Å². The summed E-state index contributed by atoms with van der Waals surface area (Å²) in [6.07, 6.45) is 16.4. The summed E-state index contributed by atoms with van der Waals surface area (Å²) in [4.78, 5) is 33.6. The number of nitrogens with two attached hydrogens (primary N) is 1. The van der Waals surface area contributed by atoms with E-state index in [-0.39, 0.29) is 18.7 Å². The number of hydrogen-bond acceptors (Lipinski definition) is 3. The van der Waals surface area contributed by atoms with Crippen molar-refractivity contribution in [2.24, 2.45) is 5.73 Å². The zero-order valence-corrected chi connectivity index (χ0v) is 17.1. The van der Waals surface area contributed by atoms with Crippen molar-refractivity contribution in [3.63, 3.8) is 0 Å². The van der Waals surface area contributed by atoms with E-state index in [2.05, 4.69) is 12.2 Å². The number of aliphatic carboxylic acids is 1. The van der Waals surface area contributed by atoms with Gasteiger partial charge in [-0.05, 0) is 12.8 Å². The molecule has 0 aromatic rings. The van der Waals surface area contributed by atoms with E-state index in [0.717, 1.165) is 19.3 Å². The van der Waals surface area contributed by atoms with Crippen LogP contribution < -0.4 is 11.1 Å². The van der Waals surface area contributed by atoms with Crippen LogP contribution in [-0.4, -0.2) is 28.9 Å². The van der Waals surface area contributed by atoms with Gasteiger partial charge >= 0.3 is 5.97 Å². The van der Waals surface area contributed by atoms with Crippen molar-refractivity contribution < 1.29 is 19.5 Å². The van der Waals surface area contributed by atoms with Gasteiger partial charge in [0.25, 0.3) is 0 Å². The van der Waals surface area contributed by atoms with Crippen LogP contribution in [0.1, 0.15) is 110 Å². The fraction of sp³-hybridized carbons (Fsp3) is 0.857. The number of nitrogens with one attached hydrogen (secondary N) is 1. The largest absolute Gasteiger partial charge is 0.480 e. The van der Waals surface area contributed by atoms with Crippen LogP contribution >= 0.6 is 0 Å². The molecule has 6 nitrogen and oxygen atoms in total. The Hall–Kier alpha value is -1.59. The highest BCUT2D eigenvalue weighted by molar-refractivity contribution is 5.84. The zero-order chi connectivity index (χ0) is 20.3. The first-order valence-corrected chi connectivity index (χ1v) is 10.8. The van der Waals surface area contributed by atoms with E-state index in [0.29, 0.717) is 6.42 Å². The molecule has 0 fully saturated rings. The number of carbonyl (C=O) groups excluding carboxylic acids is 2. The number of carboxylic acid groups (broad SMARTS) is 1. The summed E-state index contributed by atoms with van der Waals surface area (Å²) < 4.78 is 0. The van der Waals surface area contributed by atoms with Gasteiger partial charge in [-0.1, -0.05) is 84.0 Å². The fourth-order valence-corrected chi connectivity index (χ4v) is 3.11. The first kappa shape index (κ1) is 25.4. The summed E-state index contributed by atoms with van der Waals surface area (Å²) >= 11 is 0. The van der Waals surface area contributed by atoms with Gasteiger partial charge in [0, 0.05) is 12.8 Å². The van der Waals surface area contributed by atoms with E-state index >= 15 is 0 Å². The third-order valence-corrected chi connectivity index (χ3v) is 4.82. The van der Waals surface area contributed by atoms with Gasteiger partial charge in [0.05, 0.1) is 0 Å². The Bertz CT molecular complexity index is 413. The number of amides is 2. The lowest BCUT2D eigenvalue weighted by Crippen LogP contribution is -2.41. The van der Waals surface area contributed by atoms with E-state index < -0.39 is 17.9 Å². The second-order valence-electron chi connectivity index (χ2n) is 7.46. The maximum absolute atomic E-state index is 11.8. The molecule has 0 aliphatic heterocycles. The quantitative estimate of drug-likeness (QED) is 0.288. The number of carboxylic acids is 1. The fourth-order valence-electron chi connectivity index (χ4n) is 3.11. The molecule has 0 radical (unpaired) electrons. The second-order valence-corrected chi connectivity index (χ2v) is 7.46. The van der Waals surface area contributed by atoms with Gasteiger partial charge in [-0.3, -0.25) is 9.59 Å². The maximum Gasteiger partial charge on any atom is 0.326 e. The van der Waals surface area contributed by atoms with Gasteiger partial charge in [-0.15, -0.1) is 0 Å². The lowest BCUT2D eigenvalue weighted by atomic mass is 10.0. The molecule has 6 heteroatoms. The van der Waals surface area contributed by atoms with Crippen molar-refractivity contribution in [3.05, 3.63) is 0 Å². The Kier molecular flexibility index (Phi) is 16.8. The molecule has 0 saturated carbocycles. The summed E-state index contributed by atoms with van der Waals surface area (Å²) in [5, 5.41) is 11.5. The van der Waals surface area contributed by atoms with Gasteiger partial charge < -0.3 is 16.2 Å². The summed E-state index contributed by atoms with van der Waals surface area (Å²) in [6.45, 7) is 2.24. The number of carbonyl (C=O) groups is 3. The minimum Gasteiger partial charge on any atom is -0.480 e. The smallest absolute Gasteiger partial charge is 0.326 e. The van der Waals surface area contributed by atoms with Gasteiger partial charge in [-0.25, -0.2) is 4.79 Å². The van der Waals surface area contributed by atoms with Gasteiger partial charge in [0.15, 0.2) is 0 Å². The normalized spacial score (nSPS) is 11.9. The maximum atomic E-state index is 11.8. The molecular weight excluding hydrogens is 344 g/mol. The molecule has 0 aliphatic rings. The van der Waals surface area contributed by atoms with E-state index in [1.807, 2.05) is 0 Å². The van der Waals surface area contributed by atoms with Crippen molar-refractivity contribution in [2.45, 2.75) is 116 Å². The van der Waals surface area contributed by atoms with Gasteiger partial charge in [0.1, 0.15) is 6.04 Å². The lowest BCUT2D eigenvalue weighted by Gasteiger charge is -2.13. The molecule has 0 spiro atoms. The Morgan fingerprint density at radius 2 is 1.22 bits per heavy atom. The molecule has 0 aliphatic carbocycles. The minimum atomic E-state index is -1.13. The molecule has 0 saturated heterocycles. The molecule has 4 N–H and O–H groups in total. The van der Waals surface area contributed by atoms with Crippen LogP contribution in [0.25, 0.3) is 0 Å². The Balaban J connectivity index is 3.51. The van der Waals surface area contributed by atoms with Crippen molar-refractivity contribution in [1.82, 2.24) is 5.32 Å². The molecule has 0 heterocycles. The monoisotopic (exact) mass is 384 g/mol. The summed E-state index contributed by atoms with van der Waals surface area (Å²) in [5.41, 5.74) is 5.02. The number of primary amides is 1. The van der Waals surface area contributed by atoms with Crippen LogP contribution in [-0.2, 0) is 14.4 Å². The Morgan fingerprint density at radius 1 is 0.778 bits per heavy atom. The van der Waals surface area contributed by atoms with Crippen LogP contribution in [0.15, 0.2) is 0 Å². The average molecular weight is 385 g/mol. The molecule has 1 atom stereocenters. The third-order valence-electron chi connectivity index (χ3n) is 4.82. The predicted molar refractivity (Wildman–Crippen MR) is 108 cm³/mol. The SMILES string of the molecule is CCCCCCCCCCCCCCCC(=O)NC(CCC(N)=O)C(=O)O. The molecule has 158 valence electrons. The first-order chi connectivity index (χ1) is 13.0. The number of rotatable bonds is 19. The highest BCUT2D eigenvalue weighted by Gasteiger charge is 2.20. The lowest BCUT2D eigenvalue weighted by molar-refractivity contribution is -0.142. The molecule has 0 bridgehead atoms. The van der Waals surface area contributed by atoms with E-state index in [1.54, 1.807) is 0 Å². The highest BCUT2D eigenvalue weighted by Crippen LogP contribution is 2.13. The van der Waals surface area contributed by atoms with Gasteiger partial charge in [0.2, 0.25) is 11.8 Å². The summed E-state index contributed by atoms with van der Waals surface area (Å²) in [5.74, 6) is -1.96. The van der Waals surface area contributed by atoms with Crippen molar-refractivity contribution in [3.8, 4) is 0 Å². The molecule has 0 rings (SSSR count). The van der Waals surface area contributed by atoms with E-state index in [9.17, 15) is 14.4 Å². The van der Waals surface area contributed by atoms with Gasteiger partial charge in [-0.2, -0.15) is 0 Å². The molecular formula is C21H40N2O4. The highest BCUT2D eigenvalue weighted by atomic mass is 16.4. The molecule has 2 amide bonds. The standard InChI is InChI=1S/C21H40N2O4/c1-2-3-4-5-6-7-8-9-10-11-12-13-14-15-20(25)23-18(21(26)27)16-17-19(22)24/h18H,2-17H2,1H3,(H2,22,24)(H,23,25)(H,26,27). The van der Waals surface area contributed by atoms with Crippen molar-refractivity contribution >= 4 is 17.8 Å². The molecule has 1 unspecified atom stereocenters. The van der Waals surface area contributed by atoms with Crippen molar-refractivity contribution in [1.29, 1.82) is 0 Å². The summed E-state index contributed by atoms with van der Waals surface area (Å²) in [6, 6.07) is -1.04. The second kappa shape index (κ2) is 17.8. The Morgan fingerprint density at radius 3 is 1.63 bits per heavy atom. The topological polar surface area (TPSA) is 109 Å². The van der Waals surface area contributed by atoms with Crippen LogP contribution in [0, 0.1) is 0 Å². The van der Waals surface area contributed by atoms with Crippen LogP contribution in [0.2, 0.25) is 0 Å². The third kappa shape index (κ3) is 17.6. The van der Waals surface area contributed by atoms with Crippen LogP contribution in [0.5, 0.6) is 0 Å². The minimum absolute atomic E-state index is 0.0367. The molecule has 27 heavy (non-hydrogen) atoms. The molecule has 0 aromatic heterocycles. The average Bonchev–Trinajstić information content (AvgIpc) is 2.62. The zero-order valence-electron chi connectivity index (χ0n) is 17.1. The van der Waals surface area contributed by atoms with E-state index in [1.165, 1.54) is 64.2 Å².